The molecule has 0 spiro atoms. The third-order valence-corrected chi connectivity index (χ3v) is 9.45. The Labute approximate surface area is 366 Å². The summed E-state index contributed by atoms with van der Waals surface area (Å²) in [5, 5.41) is 0. The van der Waals surface area contributed by atoms with Crippen molar-refractivity contribution in [3.63, 3.8) is 0 Å². The van der Waals surface area contributed by atoms with Crippen molar-refractivity contribution in [1.82, 2.24) is 0 Å². The number of benzene rings is 5. The standard InChI is InChI=1S/C47H40F10N2O6/c48-44(49,50)25-23-32-1-11-35(12-2-32)46(54,55)64-38-16-5-30(6-17-38)9-21-42(60)62-28-34(40-20-15-37(58)27-41(40)59)29-63-43(61)22-10-31-7-18-39(19-8-31)65-47(56,57)36-13-3-33(4-14-36)24-26-45(51,52)53/h1-22,27,34H,23-26,28-29,58-59H2/b21-9+,22-10+. The molecule has 65 heavy (non-hydrogen) atoms. The highest BCUT2D eigenvalue weighted by molar-refractivity contribution is 5.87. The molecule has 0 aromatic heterocycles. The van der Waals surface area contributed by atoms with Crippen molar-refractivity contribution in [2.24, 2.45) is 0 Å². The van der Waals surface area contributed by atoms with Crippen LogP contribution in [0.4, 0.5) is 55.3 Å². The van der Waals surface area contributed by atoms with Crippen LogP contribution in [0.15, 0.2) is 127 Å². The molecule has 18 heteroatoms. The normalized spacial score (nSPS) is 12.5. The predicted molar refractivity (Wildman–Crippen MR) is 222 cm³/mol. The van der Waals surface area contributed by atoms with Gasteiger partial charge in [0.25, 0.3) is 0 Å². The summed E-state index contributed by atoms with van der Waals surface area (Å²) >= 11 is 0. The molecule has 0 fully saturated rings. The summed E-state index contributed by atoms with van der Waals surface area (Å²) in [7, 11) is 0. The Bertz CT molecular complexity index is 2270. The lowest BCUT2D eigenvalue weighted by atomic mass is 9.98. The van der Waals surface area contributed by atoms with E-state index < -0.39 is 66.4 Å². The first kappa shape index (κ1) is 49.0. The zero-order chi connectivity index (χ0) is 47.4. The molecule has 0 radical (unpaired) electrons. The van der Waals surface area contributed by atoms with Gasteiger partial charge in [0.05, 0.1) is 17.0 Å². The lowest BCUT2D eigenvalue weighted by Gasteiger charge is -2.19. The molecule has 0 unspecified atom stereocenters. The Morgan fingerprint density at radius 3 is 1.26 bits per heavy atom. The number of nitrogen functional groups attached to an aromatic ring is 2. The molecule has 0 bridgehead atoms. The van der Waals surface area contributed by atoms with Crippen molar-refractivity contribution in [1.29, 1.82) is 0 Å². The number of aryl methyl sites for hydroxylation is 2. The molecule has 5 rings (SSSR count). The van der Waals surface area contributed by atoms with Gasteiger partial charge in [0.1, 0.15) is 24.7 Å². The van der Waals surface area contributed by atoms with Crippen LogP contribution in [0.5, 0.6) is 11.5 Å². The molecular formula is C47H40F10N2O6. The number of halogens is 10. The number of alkyl halides is 10. The van der Waals surface area contributed by atoms with Crippen molar-refractivity contribution in [3.8, 4) is 11.5 Å². The lowest BCUT2D eigenvalue weighted by Crippen LogP contribution is -2.21. The van der Waals surface area contributed by atoms with E-state index in [4.69, 9.17) is 30.4 Å². The molecule has 0 saturated carbocycles. The molecule has 4 N–H and O–H groups in total. The van der Waals surface area contributed by atoms with Gasteiger partial charge in [-0.05, 0) is 113 Å². The largest absolute Gasteiger partial charge is 0.462 e. The van der Waals surface area contributed by atoms with Gasteiger partial charge in [-0.3, -0.25) is 0 Å². The maximum atomic E-state index is 14.8. The van der Waals surface area contributed by atoms with Crippen LogP contribution in [0.2, 0.25) is 0 Å². The maximum absolute atomic E-state index is 14.8. The van der Waals surface area contributed by atoms with Gasteiger partial charge < -0.3 is 30.4 Å². The third-order valence-electron chi connectivity index (χ3n) is 9.45. The van der Waals surface area contributed by atoms with Crippen LogP contribution in [0.25, 0.3) is 12.2 Å². The van der Waals surface area contributed by atoms with Gasteiger partial charge in [0.15, 0.2) is 0 Å². The van der Waals surface area contributed by atoms with E-state index in [0.29, 0.717) is 22.4 Å². The first-order valence-electron chi connectivity index (χ1n) is 19.5. The molecular weight excluding hydrogens is 879 g/mol. The molecule has 0 aliphatic heterocycles. The molecule has 344 valence electrons. The van der Waals surface area contributed by atoms with Crippen molar-refractivity contribution >= 4 is 35.5 Å². The van der Waals surface area contributed by atoms with Crippen LogP contribution in [-0.2, 0) is 44.1 Å². The number of esters is 2. The Kier molecular flexibility index (Phi) is 15.9. The van der Waals surface area contributed by atoms with E-state index in [0.717, 1.165) is 36.4 Å². The number of carbonyl (C=O) groups is 2. The smallest absolute Gasteiger partial charge is 0.426 e. The van der Waals surface area contributed by atoms with Crippen LogP contribution < -0.4 is 20.9 Å². The zero-order valence-electron chi connectivity index (χ0n) is 34.0. The molecule has 0 aliphatic carbocycles. The third kappa shape index (κ3) is 16.0. The first-order chi connectivity index (χ1) is 30.5. The average molecular weight is 919 g/mol. The first-order valence-corrected chi connectivity index (χ1v) is 19.5. The van der Waals surface area contributed by atoms with Crippen LogP contribution in [0, 0.1) is 0 Å². The number of rotatable bonds is 19. The maximum Gasteiger partial charge on any atom is 0.426 e. The van der Waals surface area contributed by atoms with Gasteiger partial charge >= 0.3 is 36.5 Å². The predicted octanol–water partition coefficient (Wildman–Crippen LogP) is 11.7. The van der Waals surface area contributed by atoms with Gasteiger partial charge in [-0.15, -0.1) is 0 Å². The molecule has 8 nitrogen and oxygen atoms in total. The van der Waals surface area contributed by atoms with Crippen molar-refractivity contribution in [2.75, 3.05) is 24.7 Å². The number of nitrogens with two attached hydrogens (primary N) is 2. The highest BCUT2D eigenvalue weighted by Gasteiger charge is 2.36. The second-order valence-electron chi connectivity index (χ2n) is 14.5. The molecule has 0 aliphatic rings. The summed E-state index contributed by atoms with van der Waals surface area (Å²) in [5.41, 5.74) is 13.2. The fourth-order valence-electron chi connectivity index (χ4n) is 5.99. The minimum Gasteiger partial charge on any atom is -0.462 e. The van der Waals surface area contributed by atoms with Crippen LogP contribution >= 0.6 is 0 Å². The van der Waals surface area contributed by atoms with E-state index in [-0.39, 0.29) is 54.4 Å². The van der Waals surface area contributed by atoms with Gasteiger partial charge in [0, 0.05) is 36.4 Å². The molecule has 5 aromatic carbocycles. The van der Waals surface area contributed by atoms with E-state index in [1.807, 2.05) is 0 Å². The average Bonchev–Trinajstić information content (AvgIpc) is 3.24. The van der Waals surface area contributed by atoms with Crippen LogP contribution in [0.1, 0.15) is 57.7 Å². The van der Waals surface area contributed by atoms with Gasteiger partial charge in [0.2, 0.25) is 0 Å². The van der Waals surface area contributed by atoms with E-state index in [9.17, 15) is 53.5 Å². The van der Waals surface area contributed by atoms with Gasteiger partial charge in [-0.2, -0.15) is 43.9 Å². The molecule has 0 heterocycles. The number of carbonyl (C=O) groups excluding carboxylic acids is 2. The quantitative estimate of drug-likeness (QED) is 0.0363. The number of ether oxygens (including phenoxy) is 4. The van der Waals surface area contributed by atoms with Gasteiger partial charge in [-0.1, -0.05) is 54.6 Å². The van der Waals surface area contributed by atoms with Gasteiger partial charge in [-0.25, -0.2) is 9.59 Å². The Balaban J connectivity index is 1.12. The molecule has 0 amide bonds. The van der Waals surface area contributed by atoms with Crippen molar-refractivity contribution in [3.05, 3.63) is 166 Å². The minimum absolute atomic E-state index is 0.227. The Hall–Kier alpha value is -6.98. The lowest BCUT2D eigenvalue weighted by molar-refractivity contribution is -0.186. The van der Waals surface area contributed by atoms with E-state index in [1.165, 1.54) is 91.0 Å². The summed E-state index contributed by atoms with van der Waals surface area (Å²) in [6, 6.07) is 23.7. The zero-order valence-corrected chi connectivity index (χ0v) is 34.0. The molecule has 5 aromatic rings. The van der Waals surface area contributed by atoms with E-state index in [1.54, 1.807) is 12.1 Å². The van der Waals surface area contributed by atoms with Crippen LogP contribution in [0.3, 0.4) is 0 Å². The topological polar surface area (TPSA) is 123 Å². The van der Waals surface area contributed by atoms with Crippen molar-refractivity contribution in [2.45, 2.75) is 56.2 Å². The molecule has 0 saturated heterocycles. The van der Waals surface area contributed by atoms with E-state index >= 15 is 0 Å². The fourth-order valence-corrected chi connectivity index (χ4v) is 5.99. The van der Waals surface area contributed by atoms with Crippen LogP contribution in [-0.4, -0.2) is 37.5 Å². The Morgan fingerprint density at radius 1 is 0.523 bits per heavy atom. The highest BCUT2D eigenvalue weighted by atomic mass is 19.4. The fraction of sp³-hybridized carbons (Fsp3) is 0.234. The number of anilines is 2. The van der Waals surface area contributed by atoms with Crippen molar-refractivity contribution < 1.29 is 72.4 Å². The second kappa shape index (κ2) is 21.1. The monoisotopic (exact) mass is 918 g/mol. The summed E-state index contributed by atoms with van der Waals surface area (Å²) in [4.78, 5) is 25.4. The summed E-state index contributed by atoms with van der Waals surface area (Å²) in [5.74, 6) is -2.86. The number of hydrogen-bond donors (Lipinski definition) is 2. The highest BCUT2D eigenvalue weighted by Crippen LogP contribution is 2.34. The SMILES string of the molecule is Nc1ccc(C(COC(=O)/C=C/c2ccc(OC(F)(F)c3ccc(CCC(F)(F)F)cc3)cc2)COC(=O)/C=C/c2ccc(OC(F)(F)c3ccc(CCC(F)(F)F)cc3)cc2)c(N)c1. The molecule has 0 atom stereocenters. The second-order valence-corrected chi connectivity index (χ2v) is 14.5. The Morgan fingerprint density at radius 2 is 0.908 bits per heavy atom. The summed E-state index contributed by atoms with van der Waals surface area (Å²) < 4.78 is 155. The van der Waals surface area contributed by atoms with E-state index in [2.05, 4.69) is 0 Å². The number of hydrogen-bond acceptors (Lipinski definition) is 8. The summed E-state index contributed by atoms with van der Waals surface area (Å²) in [6.07, 6.45) is -14.4. The summed E-state index contributed by atoms with van der Waals surface area (Å²) in [6.45, 7) is -0.624. The minimum atomic E-state index is -4.38.